The van der Waals surface area contributed by atoms with Gasteiger partial charge in [0.25, 0.3) is 0 Å². The lowest BCUT2D eigenvalue weighted by Crippen LogP contribution is -2.28. The number of ketones is 1. The number of nitrogens with zero attached hydrogens (tertiary/aromatic N) is 4. The van der Waals surface area contributed by atoms with Crippen LogP contribution in [0.2, 0.25) is 0 Å². The monoisotopic (exact) mass is 366 g/mol. The van der Waals surface area contributed by atoms with Gasteiger partial charge in [0.15, 0.2) is 5.78 Å². The first kappa shape index (κ1) is 18.4. The molecule has 7 heteroatoms. The van der Waals surface area contributed by atoms with Crippen LogP contribution >= 0.6 is 0 Å². The van der Waals surface area contributed by atoms with Crippen LogP contribution < -0.4 is 9.64 Å². The van der Waals surface area contributed by atoms with Crippen molar-refractivity contribution in [3.63, 3.8) is 0 Å². The summed E-state index contributed by atoms with van der Waals surface area (Å²) < 4.78 is 7.03. The molecule has 7 nitrogen and oxygen atoms in total. The van der Waals surface area contributed by atoms with Crippen molar-refractivity contribution in [2.75, 3.05) is 18.6 Å². The number of methoxy groups -OCH3 is 1. The normalized spacial score (nSPS) is 11.6. The predicted molar refractivity (Wildman–Crippen MR) is 104 cm³/mol. The fourth-order valence-corrected chi connectivity index (χ4v) is 2.81. The smallest absolute Gasteiger partial charge is 0.155 e. The highest BCUT2D eigenvalue weighted by Crippen LogP contribution is 2.21. The Morgan fingerprint density at radius 3 is 2.67 bits per heavy atom. The fraction of sp³-hybridized carbons (Fsp3) is 0.250. The van der Waals surface area contributed by atoms with Crippen LogP contribution in [0.3, 0.4) is 0 Å². The molecule has 1 aromatic heterocycles. The van der Waals surface area contributed by atoms with Gasteiger partial charge in [-0.15, -0.1) is 5.10 Å². The van der Waals surface area contributed by atoms with E-state index in [0.717, 1.165) is 22.5 Å². The maximum absolute atomic E-state index is 11.2. The van der Waals surface area contributed by atoms with Gasteiger partial charge in [-0.05, 0) is 43.3 Å². The van der Waals surface area contributed by atoms with Gasteiger partial charge in [0.05, 0.1) is 18.4 Å². The van der Waals surface area contributed by atoms with Crippen LogP contribution in [0.25, 0.3) is 11.0 Å². The van der Waals surface area contributed by atoms with Crippen LogP contribution in [0.15, 0.2) is 60.4 Å². The van der Waals surface area contributed by atoms with Crippen molar-refractivity contribution in [3.8, 4) is 5.75 Å². The summed E-state index contributed by atoms with van der Waals surface area (Å²) in [4.78, 5) is 13.2. The molecule has 0 unspecified atom stereocenters. The second-order valence-corrected chi connectivity index (χ2v) is 6.18. The summed E-state index contributed by atoms with van der Waals surface area (Å²) in [6.45, 7) is 2.38. The number of allylic oxidation sites excluding steroid dienone is 1. The predicted octanol–water partition coefficient (Wildman–Crippen LogP) is 3.33. The maximum Gasteiger partial charge on any atom is 0.155 e. The van der Waals surface area contributed by atoms with E-state index in [1.165, 1.54) is 13.0 Å². The molecular formula is C20H22N4O3. The molecule has 3 aromatic rings. The number of fused-ring (bicyclic) bond motifs is 1. The summed E-state index contributed by atoms with van der Waals surface area (Å²) in [5.41, 5.74) is 2.71. The molecule has 1 N–H and O–H groups in total. The lowest BCUT2D eigenvalue weighted by molar-refractivity contribution is -0.112. The second kappa shape index (κ2) is 8.35. The number of anilines is 1. The Bertz CT molecular complexity index is 947. The first-order chi connectivity index (χ1) is 13.1. The minimum atomic E-state index is -0.175. The highest BCUT2D eigenvalue weighted by Gasteiger charge is 2.12. The number of benzene rings is 2. The van der Waals surface area contributed by atoms with Crippen molar-refractivity contribution < 1.29 is 14.6 Å². The number of hydrogen-bond donors (Lipinski definition) is 1. The largest absolute Gasteiger partial charge is 0.512 e. The Morgan fingerprint density at radius 1 is 1.22 bits per heavy atom. The van der Waals surface area contributed by atoms with Crippen LogP contribution in [0.4, 0.5) is 5.69 Å². The third kappa shape index (κ3) is 4.63. The Morgan fingerprint density at radius 2 is 1.96 bits per heavy atom. The quantitative estimate of drug-likeness (QED) is 0.487. The van der Waals surface area contributed by atoms with Crippen LogP contribution in [0.1, 0.15) is 13.3 Å². The number of hydrogen-bond acceptors (Lipinski definition) is 6. The van der Waals surface area contributed by atoms with Crippen molar-refractivity contribution in [1.82, 2.24) is 15.0 Å². The van der Waals surface area contributed by atoms with E-state index < -0.39 is 0 Å². The molecule has 0 spiro atoms. The number of rotatable bonds is 8. The van der Waals surface area contributed by atoms with Crippen LogP contribution in [0.5, 0.6) is 5.75 Å². The first-order valence-corrected chi connectivity index (χ1v) is 8.64. The number of para-hydroxylation sites is 1. The van der Waals surface area contributed by atoms with Crippen molar-refractivity contribution in [2.24, 2.45) is 0 Å². The molecule has 140 valence electrons. The highest BCUT2D eigenvalue weighted by atomic mass is 16.5. The van der Waals surface area contributed by atoms with Gasteiger partial charge in [0.1, 0.15) is 17.9 Å². The van der Waals surface area contributed by atoms with Crippen LogP contribution in [0, 0.1) is 0 Å². The zero-order valence-corrected chi connectivity index (χ0v) is 15.4. The molecule has 0 aliphatic carbocycles. The molecule has 0 aliphatic heterocycles. The number of carbonyl (C=O) groups excluding carboxylic acids is 1. The summed E-state index contributed by atoms with van der Waals surface area (Å²) >= 11 is 0. The summed E-state index contributed by atoms with van der Waals surface area (Å²) in [7, 11) is 1.62. The average Bonchev–Trinajstić information content (AvgIpc) is 3.07. The Balaban J connectivity index is 1.85. The third-order valence-electron chi connectivity index (χ3n) is 4.17. The topological polar surface area (TPSA) is 80.5 Å². The minimum absolute atomic E-state index is 0.0597. The highest BCUT2D eigenvalue weighted by molar-refractivity contribution is 5.87. The molecule has 0 amide bonds. The Kier molecular flexibility index (Phi) is 5.71. The number of aliphatic hydroxyl groups is 1. The Labute approximate surface area is 157 Å². The van der Waals surface area contributed by atoms with Gasteiger partial charge in [-0.3, -0.25) is 4.79 Å². The van der Waals surface area contributed by atoms with E-state index in [-0.39, 0.29) is 11.5 Å². The van der Waals surface area contributed by atoms with Crippen molar-refractivity contribution >= 4 is 22.5 Å². The van der Waals surface area contributed by atoms with Crippen LogP contribution in [-0.2, 0) is 11.5 Å². The van der Waals surface area contributed by atoms with E-state index in [9.17, 15) is 9.90 Å². The van der Waals surface area contributed by atoms with E-state index in [1.807, 2.05) is 53.2 Å². The van der Waals surface area contributed by atoms with E-state index in [1.54, 1.807) is 7.11 Å². The number of carbonyl (C=O) groups is 1. The molecule has 0 fully saturated rings. The van der Waals surface area contributed by atoms with E-state index in [2.05, 4.69) is 15.2 Å². The zero-order chi connectivity index (χ0) is 19.2. The molecule has 27 heavy (non-hydrogen) atoms. The molecular weight excluding hydrogens is 344 g/mol. The van der Waals surface area contributed by atoms with E-state index in [0.29, 0.717) is 19.6 Å². The molecule has 0 radical (unpaired) electrons. The SMILES string of the molecule is COc1ccc(N(CCC(O)=CC(C)=O)Cn2nnc3ccccc32)cc1. The lowest BCUT2D eigenvalue weighted by Gasteiger charge is -2.25. The lowest BCUT2D eigenvalue weighted by atomic mass is 10.2. The minimum Gasteiger partial charge on any atom is -0.512 e. The molecule has 0 saturated heterocycles. The standard InChI is InChI=1S/C20H22N4O3/c1-15(25)13-17(26)11-12-23(16-7-9-18(27-2)10-8-16)14-24-20-6-4-3-5-19(20)21-22-24/h3-10,13,26H,11-12,14H2,1-2H3. The van der Waals surface area contributed by atoms with Gasteiger partial charge in [0, 0.05) is 24.7 Å². The maximum atomic E-state index is 11.2. The van der Waals surface area contributed by atoms with Gasteiger partial charge in [-0.25, -0.2) is 4.68 Å². The second-order valence-electron chi connectivity index (χ2n) is 6.18. The molecule has 0 aliphatic rings. The van der Waals surface area contributed by atoms with Gasteiger partial charge >= 0.3 is 0 Å². The van der Waals surface area contributed by atoms with Crippen molar-refractivity contribution in [1.29, 1.82) is 0 Å². The number of ether oxygens (including phenoxy) is 1. The molecule has 3 rings (SSSR count). The molecule has 0 saturated carbocycles. The summed E-state index contributed by atoms with van der Waals surface area (Å²) in [6.07, 6.45) is 1.59. The summed E-state index contributed by atoms with van der Waals surface area (Å²) in [6, 6.07) is 15.4. The molecule has 0 bridgehead atoms. The number of aromatic nitrogens is 3. The average molecular weight is 366 g/mol. The third-order valence-corrected chi connectivity index (χ3v) is 4.17. The number of aliphatic hydroxyl groups excluding tert-OH is 1. The first-order valence-electron chi connectivity index (χ1n) is 8.64. The summed E-state index contributed by atoms with van der Waals surface area (Å²) in [5, 5.41) is 18.4. The van der Waals surface area contributed by atoms with Crippen molar-refractivity contribution in [3.05, 3.63) is 60.4 Å². The Hall–Kier alpha value is -3.35. The van der Waals surface area contributed by atoms with Crippen molar-refractivity contribution in [2.45, 2.75) is 20.0 Å². The summed E-state index contributed by atoms with van der Waals surface area (Å²) in [5.74, 6) is 0.652. The van der Waals surface area contributed by atoms with E-state index >= 15 is 0 Å². The molecule has 1 heterocycles. The fourth-order valence-electron chi connectivity index (χ4n) is 2.81. The van der Waals surface area contributed by atoms with Gasteiger partial charge in [-0.2, -0.15) is 0 Å². The zero-order valence-electron chi connectivity index (χ0n) is 15.4. The van der Waals surface area contributed by atoms with Crippen LogP contribution in [-0.4, -0.2) is 39.5 Å². The molecule has 0 atom stereocenters. The molecule has 2 aromatic carbocycles. The van der Waals surface area contributed by atoms with Gasteiger partial charge in [-0.1, -0.05) is 17.3 Å². The van der Waals surface area contributed by atoms with Gasteiger partial charge in [0.2, 0.25) is 0 Å². The van der Waals surface area contributed by atoms with Gasteiger partial charge < -0.3 is 14.7 Å². The van der Waals surface area contributed by atoms with E-state index in [4.69, 9.17) is 4.74 Å².